The zero-order valence-corrected chi connectivity index (χ0v) is 7.38. The van der Waals surface area contributed by atoms with Gasteiger partial charge in [0.2, 0.25) is 0 Å². The molecule has 6 heteroatoms. The molecule has 2 N–H and O–H groups in total. The number of carbonyl (C=O) groups is 2. The first-order chi connectivity index (χ1) is 6.70. The molecule has 6 nitrogen and oxygen atoms in total. The first-order valence-electron chi connectivity index (χ1n) is 4.01. The Kier molecular flexibility index (Phi) is 3.66. The molecule has 1 aliphatic rings. The first kappa shape index (κ1) is 10.2. The lowest BCUT2D eigenvalue weighted by atomic mass is 10.4. The van der Waals surface area contributed by atoms with Gasteiger partial charge in [0.05, 0.1) is 6.42 Å². The van der Waals surface area contributed by atoms with Crippen molar-refractivity contribution in [2.24, 2.45) is 4.99 Å². The Labute approximate surface area is 80.9 Å². The number of allylic oxidation sites excluding steroid dienone is 1. The zero-order valence-electron chi connectivity index (χ0n) is 7.38. The Morgan fingerprint density at radius 1 is 1.50 bits per heavy atom. The number of hydrogen-bond donors (Lipinski definition) is 2. The van der Waals surface area contributed by atoms with Crippen LogP contribution in [0.25, 0.3) is 0 Å². The zero-order chi connectivity index (χ0) is 10.4. The van der Waals surface area contributed by atoms with Crippen molar-refractivity contribution in [3.05, 3.63) is 18.9 Å². The number of carboxylic acid groups (broad SMARTS) is 1. The third kappa shape index (κ3) is 3.26. The fraction of sp³-hybridized carbons (Fsp3) is 0.250. The molecule has 0 aromatic carbocycles. The molecule has 14 heavy (non-hydrogen) atoms. The Morgan fingerprint density at radius 2 is 2.29 bits per heavy atom. The van der Waals surface area contributed by atoms with Crippen molar-refractivity contribution in [1.82, 2.24) is 10.2 Å². The average Bonchev–Trinajstić information content (AvgIpc) is 2.18. The van der Waals surface area contributed by atoms with Crippen LogP contribution in [0.4, 0.5) is 4.79 Å². The number of aliphatic imine (C=N–C) groups is 1. The van der Waals surface area contributed by atoms with Crippen molar-refractivity contribution >= 4 is 18.2 Å². The van der Waals surface area contributed by atoms with Gasteiger partial charge in [-0.3, -0.25) is 14.7 Å². The molecule has 75 valence electrons. The van der Waals surface area contributed by atoms with Gasteiger partial charge in [-0.15, -0.1) is 0 Å². The van der Waals surface area contributed by atoms with E-state index in [-0.39, 0.29) is 19.0 Å². The number of rotatable bonds is 3. The second-order valence-electron chi connectivity index (χ2n) is 2.54. The highest BCUT2D eigenvalue weighted by molar-refractivity contribution is 5.80. The van der Waals surface area contributed by atoms with E-state index in [1.165, 1.54) is 17.8 Å². The lowest BCUT2D eigenvalue weighted by Gasteiger charge is -2.16. The topological polar surface area (TPSA) is 82.0 Å². The predicted octanol–water partition coefficient (Wildman–Crippen LogP) is 0.190. The van der Waals surface area contributed by atoms with Crippen LogP contribution >= 0.6 is 0 Å². The van der Waals surface area contributed by atoms with E-state index in [0.717, 1.165) is 0 Å². The summed E-state index contributed by atoms with van der Waals surface area (Å²) >= 11 is 0. The molecule has 2 amide bonds. The van der Waals surface area contributed by atoms with Gasteiger partial charge >= 0.3 is 12.0 Å². The average molecular weight is 196 g/mol. The second kappa shape index (κ2) is 5.00. The van der Waals surface area contributed by atoms with E-state index in [1.807, 2.05) is 0 Å². The summed E-state index contributed by atoms with van der Waals surface area (Å²) in [5.41, 5.74) is 0. The molecular weight excluding hydrogens is 186 g/mol. The maximum absolute atomic E-state index is 11.2. The van der Waals surface area contributed by atoms with Gasteiger partial charge in [-0.25, -0.2) is 4.79 Å². The van der Waals surface area contributed by atoms with E-state index in [1.54, 1.807) is 12.3 Å². The number of carboxylic acids is 1. The quantitative estimate of drug-likeness (QED) is 0.676. The molecule has 0 aromatic heterocycles. The molecule has 1 rings (SSSR count). The molecule has 0 saturated heterocycles. The Balaban J connectivity index is 2.25. The van der Waals surface area contributed by atoms with Crippen molar-refractivity contribution in [3.8, 4) is 0 Å². The maximum Gasteiger partial charge on any atom is 0.323 e. The molecule has 1 heterocycles. The van der Waals surface area contributed by atoms with Crippen molar-refractivity contribution in [1.29, 1.82) is 0 Å². The molecule has 0 aromatic rings. The van der Waals surface area contributed by atoms with Crippen LogP contribution < -0.4 is 5.32 Å². The largest absolute Gasteiger partial charge is 0.481 e. The van der Waals surface area contributed by atoms with Gasteiger partial charge in [-0.2, -0.15) is 0 Å². The smallest absolute Gasteiger partial charge is 0.323 e. The summed E-state index contributed by atoms with van der Waals surface area (Å²) in [6.07, 6.45) is 4.59. The molecule has 0 fully saturated rings. The normalized spacial score (nSPS) is 14.1. The predicted molar refractivity (Wildman–Crippen MR) is 49.4 cm³/mol. The van der Waals surface area contributed by atoms with Crippen molar-refractivity contribution in [3.63, 3.8) is 0 Å². The summed E-state index contributed by atoms with van der Waals surface area (Å²) < 4.78 is 0. The third-order valence-corrected chi connectivity index (χ3v) is 1.46. The Morgan fingerprint density at radius 3 is 2.86 bits per heavy atom. The summed E-state index contributed by atoms with van der Waals surface area (Å²) in [5.74, 6) is -0.943. The fourth-order valence-electron chi connectivity index (χ4n) is 0.817. The second-order valence-corrected chi connectivity index (χ2v) is 2.54. The summed E-state index contributed by atoms with van der Waals surface area (Å²) in [5, 5.41) is 10.8. The van der Waals surface area contributed by atoms with E-state index in [0.29, 0.717) is 0 Å². The number of hydrogen-bond acceptors (Lipinski definition) is 3. The van der Waals surface area contributed by atoms with Gasteiger partial charge in [0.25, 0.3) is 0 Å². The van der Waals surface area contributed by atoms with Crippen LogP contribution in [0, 0.1) is 6.67 Å². The molecule has 0 bridgehead atoms. The molecule has 0 unspecified atom stereocenters. The standard InChI is InChI=1S/C8H10N3O3/c12-7(13)2-4-10-8(14)11-5-1-3-9-6-11/h1,3,5-6H,2,4H2,(H,10,14)(H,12,13). The van der Waals surface area contributed by atoms with Crippen LogP contribution in [0.2, 0.25) is 0 Å². The number of urea groups is 1. The fourth-order valence-corrected chi connectivity index (χ4v) is 0.817. The molecule has 1 aliphatic heterocycles. The van der Waals surface area contributed by atoms with E-state index in [4.69, 9.17) is 5.11 Å². The van der Waals surface area contributed by atoms with Crippen LogP contribution in [0.5, 0.6) is 0 Å². The van der Waals surface area contributed by atoms with Crippen LogP contribution in [-0.4, -0.2) is 34.8 Å². The van der Waals surface area contributed by atoms with Crippen molar-refractivity contribution in [2.45, 2.75) is 6.42 Å². The van der Waals surface area contributed by atoms with E-state index in [9.17, 15) is 9.59 Å². The summed E-state index contributed by atoms with van der Waals surface area (Å²) in [4.78, 5) is 26.4. The lowest BCUT2D eigenvalue weighted by molar-refractivity contribution is -0.136. The molecular formula is C8H10N3O3. The van der Waals surface area contributed by atoms with Crippen LogP contribution in [0.3, 0.4) is 0 Å². The third-order valence-electron chi connectivity index (χ3n) is 1.46. The minimum atomic E-state index is -0.943. The number of amides is 2. The molecule has 0 atom stereocenters. The molecule has 0 aliphatic carbocycles. The van der Waals surface area contributed by atoms with Crippen molar-refractivity contribution < 1.29 is 14.7 Å². The number of carbonyl (C=O) groups excluding carboxylic acids is 1. The number of nitrogens with one attached hydrogen (secondary N) is 1. The van der Waals surface area contributed by atoms with E-state index in [2.05, 4.69) is 10.3 Å². The number of aliphatic carboxylic acids is 1. The monoisotopic (exact) mass is 196 g/mol. The summed E-state index contributed by atoms with van der Waals surface area (Å²) in [6, 6.07) is -0.389. The van der Waals surface area contributed by atoms with Crippen LogP contribution in [0.1, 0.15) is 6.42 Å². The number of nitrogens with zero attached hydrogens (tertiary/aromatic N) is 2. The minimum Gasteiger partial charge on any atom is -0.481 e. The van der Waals surface area contributed by atoms with Gasteiger partial charge in [0, 0.05) is 19.0 Å². The SMILES string of the molecule is O=C(O)CCNC(=O)N1[CH]N=CC=C1. The van der Waals surface area contributed by atoms with Crippen LogP contribution in [0.15, 0.2) is 17.3 Å². The summed E-state index contributed by atoms with van der Waals surface area (Å²) in [7, 11) is 0. The Hall–Kier alpha value is -1.85. The molecule has 1 radical (unpaired) electrons. The van der Waals surface area contributed by atoms with E-state index < -0.39 is 5.97 Å². The maximum atomic E-state index is 11.2. The minimum absolute atomic E-state index is 0.0907. The van der Waals surface area contributed by atoms with Crippen LogP contribution in [-0.2, 0) is 4.79 Å². The Bertz CT molecular complexity index is 286. The highest BCUT2D eigenvalue weighted by atomic mass is 16.4. The van der Waals surface area contributed by atoms with Crippen molar-refractivity contribution in [2.75, 3.05) is 6.54 Å². The van der Waals surface area contributed by atoms with Gasteiger partial charge in [-0.1, -0.05) is 0 Å². The van der Waals surface area contributed by atoms with E-state index >= 15 is 0 Å². The highest BCUT2D eigenvalue weighted by Gasteiger charge is 2.11. The lowest BCUT2D eigenvalue weighted by Crippen LogP contribution is -2.36. The molecule has 0 spiro atoms. The van der Waals surface area contributed by atoms with Gasteiger partial charge in [0.1, 0.15) is 0 Å². The molecule has 0 saturated carbocycles. The first-order valence-corrected chi connectivity index (χ1v) is 4.01. The van der Waals surface area contributed by atoms with Gasteiger partial charge in [-0.05, 0) is 6.08 Å². The summed E-state index contributed by atoms with van der Waals surface area (Å²) in [6.45, 7) is 1.45. The highest BCUT2D eigenvalue weighted by Crippen LogP contribution is 2.00. The van der Waals surface area contributed by atoms with Gasteiger partial charge in [0.15, 0.2) is 6.67 Å². The van der Waals surface area contributed by atoms with Gasteiger partial charge < -0.3 is 10.4 Å².